The second kappa shape index (κ2) is 6.76. The molecule has 2 aromatic heterocycles. The maximum Gasteiger partial charge on any atom is 0.152 e. The van der Waals surface area contributed by atoms with Crippen molar-refractivity contribution >= 4 is 27.4 Å². The molecular formula is C15H19BrN4. The number of fused-ring (bicyclic) bond motifs is 1. The normalized spacial score (nSPS) is 10.9. The van der Waals surface area contributed by atoms with Gasteiger partial charge in [0.05, 0.1) is 18.2 Å². The van der Waals surface area contributed by atoms with Crippen LogP contribution in [0.4, 0.5) is 5.82 Å². The molecule has 20 heavy (non-hydrogen) atoms. The van der Waals surface area contributed by atoms with E-state index in [1.54, 1.807) is 0 Å². The van der Waals surface area contributed by atoms with Gasteiger partial charge < -0.3 is 9.30 Å². The molecule has 0 spiro atoms. The topological polar surface area (TPSA) is 44.3 Å². The lowest BCUT2D eigenvalue weighted by Crippen LogP contribution is -2.29. The van der Waals surface area contributed by atoms with Gasteiger partial charge in [-0.2, -0.15) is 5.26 Å². The van der Waals surface area contributed by atoms with E-state index in [1.165, 1.54) is 0 Å². The van der Waals surface area contributed by atoms with Gasteiger partial charge >= 0.3 is 0 Å². The number of hydrogen-bond donors (Lipinski definition) is 0. The quantitative estimate of drug-likeness (QED) is 0.758. The first kappa shape index (κ1) is 14.9. The van der Waals surface area contributed by atoms with Gasteiger partial charge in [-0.1, -0.05) is 35.8 Å². The lowest BCUT2D eigenvalue weighted by molar-refractivity contribution is 0.607. The highest BCUT2D eigenvalue weighted by atomic mass is 79.9. The molecule has 0 saturated carbocycles. The second-order valence-corrected chi connectivity index (χ2v) is 5.75. The summed E-state index contributed by atoms with van der Waals surface area (Å²) in [5, 5.41) is 9.60. The SMILES string of the molecule is CC(C)CN(CCC#N)c1nc2ccccn2c1CBr. The Bertz CT molecular complexity index is 612. The minimum atomic E-state index is 0.516. The summed E-state index contributed by atoms with van der Waals surface area (Å²) in [5.41, 5.74) is 2.09. The molecule has 5 heteroatoms. The van der Waals surface area contributed by atoms with E-state index in [0.29, 0.717) is 12.3 Å². The van der Waals surface area contributed by atoms with E-state index < -0.39 is 0 Å². The van der Waals surface area contributed by atoms with Gasteiger partial charge in [0.15, 0.2) is 5.82 Å². The first-order valence-corrected chi connectivity index (χ1v) is 7.93. The highest BCUT2D eigenvalue weighted by Gasteiger charge is 2.18. The number of anilines is 1. The zero-order valence-corrected chi connectivity index (χ0v) is 13.5. The molecule has 2 rings (SSSR count). The number of aromatic nitrogens is 2. The molecule has 0 N–H and O–H groups in total. The van der Waals surface area contributed by atoms with Crippen LogP contribution in [0.1, 0.15) is 26.0 Å². The van der Waals surface area contributed by atoms with Crippen molar-refractivity contribution in [1.29, 1.82) is 5.26 Å². The first-order chi connectivity index (χ1) is 9.67. The average molecular weight is 335 g/mol. The Morgan fingerprint density at radius 1 is 1.45 bits per heavy atom. The zero-order chi connectivity index (χ0) is 14.5. The number of imidazole rings is 1. The van der Waals surface area contributed by atoms with Crippen LogP contribution >= 0.6 is 15.9 Å². The minimum absolute atomic E-state index is 0.516. The maximum atomic E-state index is 8.85. The lowest BCUT2D eigenvalue weighted by Gasteiger charge is -2.24. The first-order valence-electron chi connectivity index (χ1n) is 6.81. The van der Waals surface area contributed by atoms with E-state index in [0.717, 1.165) is 35.6 Å². The van der Waals surface area contributed by atoms with Crippen molar-refractivity contribution in [3.63, 3.8) is 0 Å². The van der Waals surface area contributed by atoms with E-state index >= 15 is 0 Å². The van der Waals surface area contributed by atoms with E-state index in [2.05, 4.69) is 45.1 Å². The maximum absolute atomic E-state index is 8.85. The molecule has 0 radical (unpaired) electrons. The molecule has 0 unspecified atom stereocenters. The number of hydrogen-bond acceptors (Lipinski definition) is 3. The summed E-state index contributed by atoms with van der Waals surface area (Å²) in [5.74, 6) is 1.51. The van der Waals surface area contributed by atoms with Crippen LogP contribution in [-0.4, -0.2) is 22.5 Å². The summed E-state index contributed by atoms with van der Waals surface area (Å²) < 4.78 is 2.10. The van der Waals surface area contributed by atoms with E-state index in [1.807, 2.05) is 24.4 Å². The molecule has 2 heterocycles. The summed E-state index contributed by atoms with van der Waals surface area (Å²) in [7, 11) is 0. The van der Waals surface area contributed by atoms with Crippen LogP contribution < -0.4 is 4.90 Å². The predicted octanol–water partition coefficient (Wildman–Crippen LogP) is 3.61. The van der Waals surface area contributed by atoms with Gasteiger partial charge in [0.1, 0.15) is 5.65 Å². The Hall–Kier alpha value is -1.54. The van der Waals surface area contributed by atoms with Gasteiger partial charge in [-0.05, 0) is 18.1 Å². The molecular weight excluding hydrogens is 316 g/mol. The van der Waals surface area contributed by atoms with E-state index in [9.17, 15) is 0 Å². The van der Waals surface area contributed by atoms with Crippen molar-refractivity contribution in [3.05, 3.63) is 30.1 Å². The molecule has 0 amide bonds. The number of alkyl halides is 1. The largest absolute Gasteiger partial charge is 0.354 e. The third-order valence-corrected chi connectivity index (χ3v) is 3.64. The van der Waals surface area contributed by atoms with Crippen molar-refractivity contribution in [2.45, 2.75) is 25.6 Å². The molecule has 0 aliphatic carbocycles. The van der Waals surface area contributed by atoms with Crippen LogP contribution in [0.5, 0.6) is 0 Å². The lowest BCUT2D eigenvalue weighted by atomic mass is 10.2. The number of pyridine rings is 1. The van der Waals surface area contributed by atoms with Crippen LogP contribution in [-0.2, 0) is 5.33 Å². The van der Waals surface area contributed by atoms with Gasteiger partial charge in [0.25, 0.3) is 0 Å². The van der Waals surface area contributed by atoms with Crippen molar-refractivity contribution < 1.29 is 0 Å². The fourth-order valence-corrected chi connectivity index (χ4v) is 2.84. The minimum Gasteiger partial charge on any atom is -0.354 e. The van der Waals surface area contributed by atoms with Gasteiger partial charge in [0, 0.05) is 24.6 Å². The van der Waals surface area contributed by atoms with Crippen LogP contribution in [0.3, 0.4) is 0 Å². The molecule has 4 nitrogen and oxygen atoms in total. The van der Waals surface area contributed by atoms with E-state index in [4.69, 9.17) is 10.2 Å². The Balaban J connectivity index is 2.43. The van der Waals surface area contributed by atoms with Crippen molar-refractivity contribution in [3.8, 4) is 6.07 Å². The van der Waals surface area contributed by atoms with Crippen molar-refractivity contribution in [2.75, 3.05) is 18.0 Å². The Kier molecular flexibility index (Phi) is 5.02. The summed E-state index contributed by atoms with van der Waals surface area (Å²) in [6.07, 6.45) is 2.54. The van der Waals surface area contributed by atoms with Gasteiger partial charge in [0.2, 0.25) is 0 Å². The fourth-order valence-electron chi connectivity index (χ4n) is 2.32. The molecule has 2 aromatic rings. The molecule has 0 fully saturated rings. The Morgan fingerprint density at radius 3 is 2.90 bits per heavy atom. The molecule has 0 aromatic carbocycles. The third kappa shape index (κ3) is 3.13. The summed E-state index contributed by atoms with van der Waals surface area (Å²) in [4.78, 5) is 6.96. The van der Waals surface area contributed by atoms with E-state index in [-0.39, 0.29) is 0 Å². The molecule has 106 valence electrons. The van der Waals surface area contributed by atoms with Crippen LogP contribution in [0.25, 0.3) is 5.65 Å². The smallest absolute Gasteiger partial charge is 0.152 e. The van der Waals surface area contributed by atoms with Gasteiger partial charge in [-0.15, -0.1) is 0 Å². The monoisotopic (exact) mass is 334 g/mol. The highest BCUT2D eigenvalue weighted by Crippen LogP contribution is 2.25. The summed E-state index contributed by atoms with van der Waals surface area (Å²) in [6.45, 7) is 6.00. The number of nitrogens with zero attached hydrogens (tertiary/aromatic N) is 4. The molecule has 0 aliphatic heterocycles. The van der Waals surface area contributed by atoms with Gasteiger partial charge in [-0.25, -0.2) is 4.98 Å². The Labute approximate surface area is 128 Å². The van der Waals surface area contributed by atoms with Crippen LogP contribution in [0.15, 0.2) is 24.4 Å². The molecule has 0 bridgehead atoms. The second-order valence-electron chi connectivity index (χ2n) is 5.19. The fraction of sp³-hybridized carbons (Fsp3) is 0.467. The zero-order valence-electron chi connectivity index (χ0n) is 11.9. The van der Waals surface area contributed by atoms with Crippen LogP contribution in [0.2, 0.25) is 0 Å². The third-order valence-electron chi connectivity index (χ3n) is 3.11. The highest BCUT2D eigenvalue weighted by molar-refractivity contribution is 9.08. The Morgan fingerprint density at radius 2 is 2.25 bits per heavy atom. The predicted molar refractivity (Wildman–Crippen MR) is 85.1 cm³/mol. The molecule has 0 aliphatic rings. The number of halogens is 1. The number of nitriles is 1. The summed E-state index contributed by atoms with van der Waals surface area (Å²) >= 11 is 3.56. The van der Waals surface area contributed by atoms with Crippen LogP contribution in [0, 0.1) is 17.2 Å². The van der Waals surface area contributed by atoms with Gasteiger partial charge in [-0.3, -0.25) is 0 Å². The molecule has 0 saturated heterocycles. The number of rotatable bonds is 6. The standard InChI is InChI=1S/C15H19BrN4/c1-12(2)11-19(8-5-7-17)15-13(10-16)20-9-4-3-6-14(20)18-15/h3-4,6,9,12H,5,8,10-11H2,1-2H3. The van der Waals surface area contributed by atoms with Crippen molar-refractivity contribution in [2.24, 2.45) is 5.92 Å². The van der Waals surface area contributed by atoms with Crippen molar-refractivity contribution in [1.82, 2.24) is 9.38 Å². The summed E-state index contributed by atoms with van der Waals surface area (Å²) in [6, 6.07) is 8.23. The molecule has 0 atom stereocenters. The average Bonchev–Trinajstić information content (AvgIpc) is 2.81.